The van der Waals surface area contributed by atoms with E-state index in [-0.39, 0.29) is 5.97 Å². The molecule has 0 aromatic heterocycles. The molecule has 2 N–H and O–H groups in total. The fourth-order valence-corrected chi connectivity index (χ4v) is 2.73. The van der Waals surface area contributed by atoms with Crippen molar-refractivity contribution in [3.63, 3.8) is 0 Å². The summed E-state index contributed by atoms with van der Waals surface area (Å²) >= 11 is 0. The Labute approximate surface area is 159 Å². The standard InChI is InChI=1S/C23H23NO3/c1-2-13-26-23(25)19-10-6-9-18(14-19)21-15-20(24)11-12-22(21)27-16-17-7-4-3-5-8-17/h3-12,14-15H,2,13,16,24H2,1H3. The van der Waals surface area contributed by atoms with Gasteiger partial charge in [-0.15, -0.1) is 0 Å². The van der Waals surface area contributed by atoms with Crippen LogP contribution in [0.1, 0.15) is 29.3 Å². The van der Waals surface area contributed by atoms with Gasteiger partial charge in [-0.3, -0.25) is 0 Å². The first-order valence-corrected chi connectivity index (χ1v) is 9.01. The van der Waals surface area contributed by atoms with Gasteiger partial charge in [-0.1, -0.05) is 49.4 Å². The molecule has 0 radical (unpaired) electrons. The first-order chi connectivity index (χ1) is 13.2. The molecule has 0 saturated heterocycles. The number of ether oxygens (including phenoxy) is 2. The quantitative estimate of drug-likeness (QED) is 0.471. The number of nitrogen functional groups attached to an aromatic ring is 1. The smallest absolute Gasteiger partial charge is 0.338 e. The van der Waals surface area contributed by atoms with Crippen molar-refractivity contribution < 1.29 is 14.3 Å². The second kappa shape index (κ2) is 8.90. The molecule has 3 rings (SSSR count). The molecule has 138 valence electrons. The van der Waals surface area contributed by atoms with Crippen LogP contribution in [0.3, 0.4) is 0 Å². The maximum atomic E-state index is 12.2. The second-order valence-electron chi connectivity index (χ2n) is 6.25. The van der Waals surface area contributed by atoms with Crippen molar-refractivity contribution >= 4 is 11.7 Å². The van der Waals surface area contributed by atoms with Gasteiger partial charge in [0.25, 0.3) is 0 Å². The lowest BCUT2D eigenvalue weighted by Gasteiger charge is -2.13. The van der Waals surface area contributed by atoms with E-state index < -0.39 is 0 Å². The number of anilines is 1. The van der Waals surface area contributed by atoms with Crippen LogP contribution >= 0.6 is 0 Å². The maximum absolute atomic E-state index is 12.2. The van der Waals surface area contributed by atoms with Gasteiger partial charge in [0.05, 0.1) is 12.2 Å². The summed E-state index contributed by atoms with van der Waals surface area (Å²) in [4.78, 5) is 12.2. The zero-order valence-corrected chi connectivity index (χ0v) is 15.4. The molecular formula is C23H23NO3. The third-order valence-electron chi connectivity index (χ3n) is 4.09. The lowest BCUT2D eigenvalue weighted by molar-refractivity contribution is 0.0505. The molecule has 4 heteroatoms. The minimum Gasteiger partial charge on any atom is -0.488 e. The lowest BCUT2D eigenvalue weighted by Crippen LogP contribution is -2.06. The first kappa shape index (κ1) is 18.5. The molecule has 0 bridgehead atoms. The molecule has 0 aliphatic rings. The molecule has 0 amide bonds. The van der Waals surface area contributed by atoms with E-state index in [1.54, 1.807) is 6.07 Å². The van der Waals surface area contributed by atoms with E-state index in [1.807, 2.05) is 73.7 Å². The lowest BCUT2D eigenvalue weighted by atomic mass is 10.0. The number of nitrogens with two attached hydrogens (primary N) is 1. The summed E-state index contributed by atoms with van der Waals surface area (Å²) < 4.78 is 11.3. The number of hydrogen-bond donors (Lipinski definition) is 1. The molecular weight excluding hydrogens is 338 g/mol. The Kier molecular flexibility index (Phi) is 6.10. The highest BCUT2D eigenvalue weighted by molar-refractivity contribution is 5.91. The van der Waals surface area contributed by atoms with E-state index in [9.17, 15) is 4.79 Å². The third-order valence-corrected chi connectivity index (χ3v) is 4.09. The molecule has 0 fully saturated rings. The van der Waals surface area contributed by atoms with Gasteiger partial charge in [0.1, 0.15) is 12.4 Å². The summed E-state index contributed by atoms with van der Waals surface area (Å²) in [6.45, 7) is 2.83. The molecule has 0 aliphatic carbocycles. The van der Waals surface area contributed by atoms with Gasteiger partial charge >= 0.3 is 5.97 Å². The van der Waals surface area contributed by atoms with Crippen molar-refractivity contribution in [3.8, 4) is 16.9 Å². The number of carbonyl (C=O) groups is 1. The Hall–Kier alpha value is -3.27. The fourth-order valence-electron chi connectivity index (χ4n) is 2.73. The van der Waals surface area contributed by atoms with Gasteiger partial charge in [0, 0.05) is 11.3 Å². The van der Waals surface area contributed by atoms with Crippen molar-refractivity contribution in [2.45, 2.75) is 20.0 Å². The third kappa shape index (κ3) is 4.88. The van der Waals surface area contributed by atoms with Crippen LogP contribution in [-0.4, -0.2) is 12.6 Å². The zero-order valence-electron chi connectivity index (χ0n) is 15.4. The van der Waals surface area contributed by atoms with E-state index in [0.29, 0.717) is 30.2 Å². The van der Waals surface area contributed by atoms with Crippen molar-refractivity contribution in [3.05, 3.63) is 83.9 Å². The highest BCUT2D eigenvalue weighted by Gasteiger charge is 2.12. The number of esters is 1. The normalized spacial score (nSPS) is 10.4. The van der Waals surface area contributed by atoms with Crippen LogP contribution in [0, 0.1) is 0 Å². The van der Waals surface area contributed by atoms with Gasteiger partial charge in [0.2, 0.25) is 0 Å². The SMILES string of the molecule is CCCOC(=O)c1cccc(-c2cc(N)ccc2OCc2ccccc2)c1. The van der Waals surface area contributed by atoms with Crippen molar-refractivity contribution in [1.82, 2.24) is 0 Å². The average Bonchev–Trinajstić information content (AvgIpc) is 2.72. The van der Waals surface area contributed by atoms with Crippen LogP contribution < -0.4 is 10.5 Å². The highest BCUT2D eigenvalue weighted by atomic mass is 16.5. The van der Waals surface area contributed by atoms with Crippen LogP contribution in [0.5, 0.6) is 5.75 Å². The van der Waals surface area contributed by atoms with Crippen LogP contribution in [0.15, 0.2) is 72.8 Å². The molecule has 0 heterocycles. The molecule has 0 aliphatic heterocycles. The molecule has 0 saturated carbocycles. The van der Waals surface area contributed by atoms with Crippen molar-refractivity contribution in [2.24, 2.45) is 0 Å². The van der Waals surface area contributed by atoms with E-state index in [2.05, 4.69) is 0 Å². The maximum Gasteiger partial charge on any atom is 0.338 e. The van der Waals surface area contributed by atoms with E-state index in [4.69, 9.17) is 15.2 Å². The average molecular weight is 361 g/mol. The van der Waals surface area contributed by atoms with Gasteiger partial charge in [-0.05, 0) is 47.9 Å². The Morgan fingerprint density at radius 3 is 2.56 bits per heavy atom. The molecule has 0 unspecified atom stereocenters. The first-order valence-electron chi connectivity index (χ1n) is 9.01. The van der Waals surface area contributed by atoms with Crippen LogP contribution in [0.25, 0.3) is 11.1 Å². The summed E-state index contributed by atoms with van der Waals surface area (Å²) in [5, 5.41) is 0. The Morgan fingerprint density at radius 2 is 1.78 bits per heavy atom. The molecule has 0 atom stereocenters. The fraction of sp³-hybridized carbons (Fsp3) is 0.174. The second-order valence-corrected chi connectivity index (χ2v) is 6.25. The highest BCUT2D eigenvalue weighted by Crippen LogP contribution is 2.33. The van der Waals surface area contributed by atoms with E-state index >= 15 is 0 Å². The van der Waals surface area contributed by atoms with Gasteiger partial charge in [-0.2, -0.15) is 0 Å². The molecule has 4 nitrogen and oxygen atoms in total. The summed E-state index contributed by atoms with van der Waals surface area (Å²) in [6, 6.07) is 22.8. The minimum atomic E-state index is -0.325. The topological polar surface area (TPSA) is 61.5 Å². The largest absolute Gasteiger partial charge is 0.488 e. The number of benzene rings is 3. The van der Waals surface area contributed by atoms with Crippen LogP contribution in [-0.2, 0) is 11.3 Å². The van der Waals surface area contributed by atoms with E-state index in [0.717, 1.165) is 23.1 Å². The Balaban J connectivity index is 1.87. The molecule has 0 spiro atoms. The molecule has 3 aromatic rings. The van der Waals surface area contributed by atoms with Crippen molar-refractivity contribution in [1.29, 1.82) is 0 Å². The summed E-state index contributed by atoms with van der Waals surface area (Å²) in [7, 11) is 0. The summed E-state index contributed by atoms with van der Waals surface area (Å²) in [5.74, 6) is 0.390. The van der Waals surface area contributed by atoms with Crippen LogP contribution in [0.2, 0.25) is 0 Å². The number of carbonyl (C=O) groups excluding carboxylic acids is 1. The molecule has 3 aromatic carbocycles. The Bertz CT molecular complexity index is 907. The number of rotatable bonds is 7. The molecule has 27 heavy (non-hydrogen) atoms. The van der Waals surface area contributed by atoms with Crippen molar-refractivity contribution in [2.75, 3.05) is 12.3 Å². The Morgan fingerprint density at radius 1 is 0.963 bits per heavy atom. The van der Waals surface area contributed by atoms with Crippen LogP contribution in [0.4, 0.5) is 5.69 Å². The predicted octanol–water partition coefficient (Wildman–Crippen LogP) is 5.08. The summed E-state index contributed by atoms with van der Waals surface area (Å²) in [6.07, 6.45) is 0.790. The van der Waals surface area contributed by atoms with Gasteiger partial charge in [0.15, 0.2) is 0 Å². The monoisotopic (exact) mass is 361 g/mol. The minimum absolute atomic E-state index is 0.325. The zero-order chi connectivity index (χ0) is 19.1. The van der Waals surface area contributed by atoms with E-state index in [1.165, 1.54) is 0 Å². The predicted molar refractivity (Wildman–Crippen MR) is 108 cm³/mol. The van der Waals surface area contributed by atoms with Gasteiger partial charge in [-0.25, -0.2) is 4.79 Å². The van der Waals surface area contributed by atoms with Gasteiger partial charge < -0.3 is 15.2 Å². The summed E-state index contributed by atoms with van der Waals surface area (Å²) in [5.41, 5.74) is 9.92. The number of hydrogen-bond acceptors (Lipinski definition) is 4.